The van der Waals surface area contributed by atoms with Crippen molar-refractivity contribution < 1.29 is 24.6 Å². The van der Waals surface area contributed by atoms with Gasteiger partial charge in [-0.2, -0.15) is 0 Å². The number of hydrogen-bond acceptors (Lipinski definition) is 4. The first kappa shape index (κ1) is 14.2. The van der Waals surface area contributed by atoms with Gasteiger partial charge in [0.1, 0.15) is 6.04 Å². The highest BCUT2D eigenvalue weighted by Gasteiger charge is 2.27. The minimum absolute atomic E-state index is 0.125. The van der Waals surface area contributed by atoms with Crippen molar-refractivity contribution in [1.29, 1.82) is 0 Å². The largest absolute Gasteiger partial charge is 0.481 e. The van der Waals surface area contributed by atoms with E-state index in [0.717, 1.165) is 4.90 Å². The van der Waals surface area contributed by atoms with Crippen molar-refractivity contribution in [1.82, 2.24) is 4.90 Å². The molecule has 1 amide bonds. The zero-order chi connectivity index (χ0) is 13.7. The van der Waals surface area contributed by atoms with Gasteiger partial charge in [-0.3, -0.25) is 9.59 Å². The number of nitrogens with zero attached hydrogens (tertiary/aromatic N) is 1. The van der Waals surface area contributed by atoms with Gasteiger partial charge in [0, 0.05) is 6.54 Å². The Bertz CT molecular complexity index is 442. The smallest absolute Gasteiger partial charge is 0.326 e. The zero-order valence-electron chi connectivity index (χ0n) is 9.70. The van der Waals surface area contributed by atoms with Crippen LogP contribution in [0.1, 0.15) is 23.0 Å². The van der Waals surface area contributed by atoms with Crippen LogP contribution >= 0.6 is 11.3 Å². The Morgan fingerprint density at radius 2 is 2.06 bits per heavy atom. The Morgan fingerprint density at radius 1 is 1.39 bits per heavy atom. The van der Waals surface area contributed by atoms with Gasteiger partial charge in [0.05, 0.1) is 11.3 Å². The second kappa shape index (κ2) is 6.15. The second-order valence-corrected chi connectivity index (χ2v) is 4.58. The van der Waals surface area contributed by atoms with Crippen molar-refractivity contribution in [3.8, 4) is 0 Å². The third-order valence-corrected chi connectivity index (χ3v) is 3.24. The second-order valence-electron chi connectivity index (χ2n) is 3.63. The van der Waals surface area contributed by atoms with Gasteiger partial charge in [-0.1, -0.05) is 6.07 Å². The number of carboxylic acid groups (broad SMARTS) is 2. The van der Waals surface area contributed by atoms with Crippen LogP contribution in [0.15, 0.2) is 17.5 Å². The maximum atomic E-state index is 12.0. The highest BCUT2D eigenvalue weighted by atomic mass is 32.1. The van der Waals surface area contributed by atoms with E-state index in [9.17, 15) is 14.4 Å². The Hall–Kier alpha value is -1.89. The molecule has 1 aromatic rings. The Kier molecular flexibility index (Phi) is 4.85. The van der Waals surface area contributed by atoms with Crippen LogP contribution < -0.4 is 0 Å². The van der Waals surface area contributed by atoms with Crippen molar-refractivity contribution in [2.24, 2.45) is 0 Å². The molecular weight excluding hydrogens is 258 g/mol. The van der Waals surface area contributed by atoms with E-state index in [1.807, 2.05) is 0 Å². The van der Waals surface area contributed by atoms with Crippen molar-refractivity contribution in [3.63, 3.8) is 0 Å². The highest BCUT2D eigenvalue weighted by molar-refractivity contribution is 7.12. The molecule has 1 heterocycles. The summed E-state index contributed by atoms with van der Waals surface area (Å²) in [6.45, 7) is 1.23. The molecule has 1 atom stereocenters. The van der Waals surface area contributed by atoms with E-state index in [4.69, 9.17) is 10.2 Å². The maximum Gasteiger partial charge on any atom is 0.326 e. The predicted molar refractivity (Wildman–Crippen MR) is 64.7 cm³/mol. The van der Waals surface area contributed by atoms with Crippen molar-refractivity contribution in [2.45, 2.75) is 19.4 Å². The number of carboxylic acids is 2. The first-order valence-electron chi connectivity index (χ1n) is 5.22. The highest BCUT2D eigenvalue weighted by Crippen LogP contribution is 2.14. The molecule has 0 spiro atoms. The molecule has 0 fully saturated rings. The summed E-state index contributed by atoms with van der Waals surface area (Å²) in [6, 6.07) is 2.20. The van der Waals surface area contributed by atoms with Crippen LogP contribution in [0.5, 0.6) is 0 Å². The molecule has 7 heteroatoms. The van der Waals surface area contributed by atoms with E-state index in [2.05, 4.69) is 0 Å². The molecule has 2 N–H and O–H groups in total. The number of thiophene rings is 1. The predicted octanol–water partition coefficient (Wildman–Crippen LogP) is 1.14. The Morgan fingerprint density at radius 3 is 2.50 bits per heavy atom. The monoisotopic (exact) mass is 271 g/mol. The summed E-state index contributed by atoms with van der Waals surface area (Å²) in [7, 11) is 0. The van der Waals surface area contributed by atoms with Crippen LogP contribution in [0, 0.1) is 0 Å². The average Bonchev–Trinajstić information content (AvgIpc) is 2.81. The van der Waals surface area contributed by atoms with Crippen LogP contribution in [-0.4, -0.2) is 45.5 Å². The van der Waals surface area contributed by atoms with E-state index < -0.39 is 23.9 Å². The summed E-state index contributed by atoms with van der Waals surface area (Å²) in [6.07, 6.45) is -0.283. The summed E-state index contributed by atoms with van der Waals surface area (Å²) in [5.74, 6) is -2.69. The van der Waals surface area contributed by atoms with Crippen LogP contribution in [0.3, 0.4) is 0 Å². The van der Waals surface area contributed by atoms with Gasteiger partial charge < -0.3 is 15.1 Å². The van der Waals surface area contributed by atoms with Gasteiger partial charge in [-0.25, -0.2) is 4.79 Å². The number of rotatable bonds is 6. The molecule has 0 aromatic carbocycles. The number of aliphatic carboxylic acids is 2. The molecule has 0 aliphatic rings. The van der Waals surface area contributed by atoms with Crippen molar-refractivity contribution in [3.05, 3.63) is 22.4 Å². The summed E-state index contributed by atoms with van der Waals surface area (Å²) in [5, 5.41) is 19.2. The van der Waals surface area contributed by atoms with E-state index in [0.29, 0.717) is 4.88 Å². The van der Waals surface area contributed by atoms with E-state index >= 15 is 0 Å². The fourth-order valence-electron chi connectivity index (χ4n) is 1.36. The fraction of sp³-hybridized carbons (Fsp3) is 0.364. The summed E-state index contributed by atoms with van der Waals surface area (Å²) in [4.78, 5) is 34.9. The molecule has 0 radical (unpaired) electrons. The van der Waals surface area contributed by atoms with Gasteiger partial charge >= 0.3 is 11.9 Å². The van der Waals surface area contributed by atoms with Crippen LogP contribution in [-0.2, 0) is 9.59 Å². The van der Waals surface area contributed by atoms with Crippen molar-refractivity contribution >= 4 is 29.2 Å². The first-order valence-corrected chi connectivity index (χ1v) is 6.10. The summed E-state index contributed by atoms with van der Waals surface area (Å²) in [5.41, 5.74) is 0. The average molecular weight is 271 g/mol. The zero-order valence-corrected chi connectivity index (χ0v) is 10.5. The maximum absolute atomic E-state index is 12.0. The molecule has 18 heavy (non-hydrogen) atoms. The summed E-state index contributed by atoms with van der Waals surface area (Å²) >= 11 is 1.19. The standard InChI is InChI=1S/C11H13NO5S/c1-7(11(16)17)12(5-4-9(13)14)10(15)8-3-2-6-18-8/h2-3,6-7H,4-5H2,1H3,(H,13,14)(H,16,17). The number of carbonyl (C=O) groups is 3. The molecule has 6 nitrogen and oxygen atoms in total. The molecule has 98 valence electrons. The first-order chi connectivity index (χ1) is 8.43. The molecule has 0 saturated heterocycles. The van der Waals surface area contributed by atoms with Gasteiger partial charge in [0.2, 0.25) is 0 Å². The third-order valence-electron chi connectivity index (χ3n) is 2.38. The molecule has 1 rings (SSSR count). The van der Waals surface area contributed by atoms with Crippen LogP contribution in [0.4, 0.5) is 0 Å². The van der Waals surface area contributed by atoms with Crippen LogP contribution in [0.25, 0.3) is 0 Å². The van der Waals surface area contributed by atoms with E-state index in [1.165, 1.54) is 18.3 Å². The molecule has 0 aliphatic carbocycles. The van der Waals surface area contributed by atoms with Gasteiger partial charge in [-0.15, -0.1) is 11.3 Å². The summed E-state index contributed by atoms with van der Waals surface area (Å²) < 4.78 is 0. The topological polar surface area (TPSA) is 94.9 Å². The number of amides is 1. The molecule has 0 aliphatic heterocycles. The lowest BCUT2D eigenvalue weighted by atomic mass is 10.2. The van der Waals surface area contributed by atoms with Crippen molar-refractivity contribution in [2.75, 3.05) is 6.54 Å². The van der Waals surface area contributed by atoms with E-state index in [-0.39, 0.29) is 13.0 Å². The van der Waals surface area contributed by atoms with Gasteiger partial charge in [-0.05, 0) is 18.4 Å². The number of hydrogen-bond donors (Lipinski definition) is 2. The van der Waals surface area contributed by atoms with Gasteiger partial charge in [0.15, 0.2) is 0 Å². The lowest BCUT2D eigenvalue weighted by Crippen LogP contribution is -2.44. The molecular formula is C11H13NO5S. The fourth-order valence-corrected chi connectivity index (χ4v) is 2.04. The quantitative estimate of drug-likeness (QED) is 0.809. The Balaban J connectivity index is 2.86. The minimum atomic E-state index is -1.16. The molecule has 0 saturated carbocycles. The SMILES string of the molecule is CC(C(=O)O)N(CCC(=O)O)C(=O)c1cccs1. The molecule has 0 bridgehead atoms. The minimum Gasteiger partial charge on any atom is -0.481 e. The Labute approximate surface area is 107 Å². The lowest BCUT2D eigenvalue weighted by molar-refractivity contribution is -0.143. The normalized spacial score (nSPS) is 11.8. The van der Waals surface area contributed by atoms with Gasteiger partial charge in [0.25, 0.3) is 5.91 Å². The van der Waals surface area contributed by atoms with E-state index in [1.54, 1.807) is 17.5 Å². The molecule has 1 unspecified atom stereocenters. The lowest BCUT2D eigenvalue weighted by Gasteiger charge is -2.25. The molecule has 1 aromatic heterocycles. The number of carbonyl (C=O) groups excluding carboxylic acids is 1. The van der Waals surface area contributed by atoms with Crippen LogP contribution in [0.2, 0.25) is 0 Å². The third kappa shape index (κ3) is 3.56.